The topological polar surface area (TPSA) is 55.1 Å². The third-order valence-corrected chi connectivity index (χ3v) is 3.66. The molecule has 0 saturated carbocycles. The zero-order valence-corrected chi connectivity index (χ0v) is 13.8. The third kappa shape index (κ3) is 5.64. The first-order valence-electron chi connectivity index (χ1n) is 7.19. The maximum atomic E-state index is 13.0. The molecule has 0 bridgehead atoms. The van der Waals surface area contributed by atoms with Crippen LogP contribution in [0.1, 0.15) is 45.6 Å². The van der Waals surface area contributed by atoms with Gasteiger partial charge in [0.25, 0.3) is 0 Å². The van der Waals surface area contributed by atoms with Gasteiger partial charge in [-0.05, 0) is 38.0 Å². The second kappa shape index (κ2) is 9.00. The third-order valence-electron chi connectivity index (χ3n) is 3.66. The van der Waals surface area contributed by atoms with E-state index in [2.05, 4.69) is 12.2 Å². The number of halogens is 2. The summed E-state index contributed by atoms with van der Waals surface area (Å²) in [7, 11) is 0. The summed E-state index contributed by atoms with van der Waals surface area (Å²) in [5.41, 5.74) is 5.79. The molecule has 0 aromatic heterocycles. The van der Waals surface area contributed by atoms with Crippen molar-refractivity contribution in [2.75, 3.05) is 6.54 Å². The summed E-state index contributed by atoms with van der Waals surface area (Å²) in [5, 5.41) is 3.00. The Bertz CT molecular complexity index is 434. The van der Waals surface area contributed by atoms with Crippen molar-refractivity contribution in [2.45, 2.75) is 51.5 Å². The standard InChI is InChI=1S/C16H25FN2O.ClH/c1-4-5-6-14(11-18)19-15(20)16(2,3)12-7-9-13(17)10-8-12;/h7-10,14H,4-6,11,18H2,1-3H3,(H,19,20);1H. The van der Waals surface area contributed by atoms with Crippen LogP contribution in [0, 0.1) is 5.82 Å². The summed E-state index contributed by atoms with van der Waals surface area (Å²) in [6, 6.07) is 6.06. The Morgan fingerprint density at radius 1 is 1.33 bits per heavy atom. The van der Waals surface area contributed by atoms with Gasteiger partial charge in [0.2, 0.25) is 5.91 Å². The highest BCUT2D eigenvalue weighted by Gasteiger charge is 2.30. The average molecular weight is 317 g/mol. The molecule has 1 aromatic rings. The molecule has 5 heteroatoms. The molecule has 1 atom stereocenters. The number of hydrogen-bond acceptors (Lipinski definition) is 2. The molecule has 0 heterocycles. The SMILES string of the molecule is CCCCC(CN)NC(=O)C(C)(C)c1ccc(F)cc1.Cl. The number of carbonyl (C=O) groups excluding carboxylic acids is 1. The van der Waals surface area contributed by atoms with Crippen molar-refractivity contribution in [1.29, 1.82) is 0 Å². The molecule has 1 unspecified atom stereocenters. The van der Waals surface area contributed by atoms with Crippen LogP contribution in [0.4, 0.5) is 4.39 Å². The molecular weight excluding hydrogens is 291 g/mol. The van der Waals surface area contributed by atoms with E-state index in [1.54, 1.807) is 12.1 Å². The van der Waals surface area contributed by atoms with E-state index in [4.69, 9.17) is 5.73 Å². The van der Waals surface area contributed by atoms with Crippen molar-refractivity contribution in [3.8, 4) is 0 Å². The van der Waals surface area contributed by atoms with Crippen molar-refractivity contribution in [2.24, 2.45) is 5.73 Å². The lowest BCUT2D eigenvalue weighted by molar-refractivity contribution is -0.126. The number of amides is 1. The Kier molecular flexibility index (Phi) is 8.52. The Morgan fingerprint density at radius 3 is 2.38 bits per heavy atom. The molecule has 1 amide bonds. The smallest absolute Gasteiger partial charge is 0.230 e. The van der Waals surface area contributed by atoms with Crippen molar-refractivity contribution in [3.63, 3.8) is 0 Å². The predicted octanol–water partition coefficient (Wildman–Crippen LogP) is 3.16. The minimum Gasteiger partial charge on any atom is -0.351 e. The van der Waals surface area contributed by atoms with Gasteiger partial charge in [-0.2, -0.15) is 0 Å². The molecule has 1 rings (SSSR count). The summed E-state index contributed by atoms with van der Waals surface area (Å²) in [6.45, 7) is 6.22. The van der Waals surface area contributed by atoms with E-state index in [-0.39, 0.29) is 30.2 Å². The van der Waals surface area contributed by atoms with Gasteiger partial charge in [-0.3, -0.25) is 4.79 Å². The normalized spacial score (nSPS) is 12.4. The van der Waals surface area contributed by atoms with Crippen LogP contribution in [0.15, 0.2) is 24.3 Å². The molecule has 0 fully saturated rings. The van der Waals surface area contributed by atoms with Crippen LogP contribution >= 0.6 is 12.4 Å². The quantitative estimate of drug-likeness (QED) is 0.812. The molecule has 3 nitrogen and oxygen atoms in total. The van der Waals surface area contributed by atoms with Gasteiger partial charge in [-0.15, -0.1) is 12.4 Å². The predicted molar refractivity (Wildman–Crippen MR) is 87.2 cm³/mol. The van der Waals surface area contributed by atoms with E-state index in [1.807, 2.05) is 13.8 Å². The number of unbranched alkanes of at least 4 members (excludes halogenated alkanes) is 1. The van der Waals surface area contributed by atoms with Gasteiger partial charge in [0.05, 0.1) is 5.41 Å². The summed E-state index contributed by atoms with van der Waals surface area (Å²) in [6.07, 6.45) is 3.01. The zero-order valence-electron chi connectivity index (χ0n) is 13.0. The van der Waals surface area contributed by atoms with E-state index in [0.717, 1.165) is 24.8 Å². The van der Waals surface area contributed by atoms with Crippen molar-refractivity contribution >= 4 is 18.3 Å². The van der Waals surface area contributed by atoms with Gasteiger partial charge in [-0.25, -0.2) is 4.39 Å². The van der Waals surface area contributed by atoms with Crippen LogP contribution in [-0.2, 0) is 10.2 Å². The number of nitrogens with two attached hydrogens (primary N) is 1. The largest absolute Gasteiger partial charge is 0.351 e. The van der Waals surface area contributed by atoms with Crippen molar-refractivity contribution in [3.05, 3.63) is 35.6 Å². The molecule has 1 aromatic carbocycles. The molecule has 0 aliphatic rings. The molecule has 3 N–H and O–H groups in total. The number of carbonyl (C=O) groups is 1. The summed E-state index contributed by atoms with van der Waals surface area (Å²) >= 11 is 0. The number of rotatable bonds is 7. The molecular formula is C16H26ClFN2O. The second-order valence-electron chi connectivity index (χ2n) is 5.68. The Balaban J connectivity index is 0.00000400. The summed E-state index contributed by atoms with van der Waals surface area (Å²) in [5.74, 6) is -0.372. The lowest BCUT2D eigenvalue weighted by Crippen LogP contribution is -2.47. The fourth-order valence-electron chi connectivity index (χ4n) is 2.06. The van der Waals surface area contributed by atoms with Crippen LogP contribution < -0.4 is 11.1 Å². The second-order valence-corrected chi connectivity index (χ2v) is 5.68. The van der Waals surface area contributed by atoms with Crippen LogP contribution in [-0.4, -0.2) is 18.5 Å². The maximum absolute atomic E-state index is 13.0. The minimum atomic E-state index is -0.701. The average Bonchev–Trinajstić information content (AvgIpc) is 2.43. The fraction of sp³-hybridized carbons (Fsp3) is 0.562. The van der Waals surface area contributed by atoms with Crippen LogP contribution in [0.3, 0.4) is 0 Å². The summed E-state index contributed by atoms with van der Waals surface area (Å²) < 4.78 is 13.0. The van der Waals surface area contributed by atoms with E-state index < -0.39 is 5.41 Å². The first-order valence-corrected chi connectivity index (χ1v) is 7.19. The number of nitrogens with one attached hydrogen (secondary N) is 1. The van der Waals surface area contributed by atoms with E-state index in [1.165, 1.54) is 12.1 Å². The Hall–Kier alpha value is -1.13. The highest BCUT2D eigenvalue weighted by atomic mass is 35.5. The zero-order chi connectivity index (χ0) is 15.2. The highest BCUT2D eigenvalue weighted by molar-refractivity contribution is 5.87. The van der Waals surface area contributed by atoms with Crippen LogP contribution in [0.2, 0.25) is 0 Å². The van der Waals surface area contributed by atoms with E-state index in [9.17, 15) is 9.18 Å². The Morgan fingerprint density at radius 2 is 1.90 bits per heavy atom. The first kappa shape index (κ1) is 19.9. The molecule has 120 valence electrons. The number of hydrogen-bond donors (Lipinski definition) is 2. The number of benzene rings is 1. The molecule has 0 saturated heterocycles. The van der Waals surface area contributed by atoms with Gasteiger partial charge >= 0.3 is 0 Å². The van der Waals surface area contributed by atoms with Gasteiger partial charge in [-0.1, -0.05) is 31.9 Å². The van der Waals surface area contributed by atoms with E-state index >= 15 is 0 Å². The summed E-state index contributed by atoms with van der Waals surface area (Å²) in [4.78, 5) is 12.4. The van der Waals surface area contributed by atoms with Crippen molar-refractivity contribution < 1.29 is 9.18 Å². The molecule has 0 radical (unpaired) electrons. The lowest BCUT2D eigenvalue weighted by Gasteiger charge is -2.27. The molecule has 0 aliphatic carbocycles. The van der Waals surface area contributed by atoms with Gasteiger partial charge in [0.1, 0.15) is 5.82 Å². The molecule has 0 aliphatic heterocycles. The van der Waals surface area contributed by atoms with E-state index in [0.29, 0.717) is 6.54 Å². The van der Waals surface area contributed by atoms with Gasteiger partial charge < -0.3 is 11.1 Å². The Labute approximate surface area is 132 Å². The van der Waals surface area contributed by atoms with Gasteiger partial charge in [0, 0.05) is 12.6 Å². The molecule has 21 heavy (non-hydrogen) atoms. The monoisotopic (exact) mass is 316 g/mol. The molecule has 0 spiro atoms. The highest BCUT2D eigenvalue weighted by Crippen LogP contribution is 2.24. The minimum absolute atomic E-state index is 0. The maximum Gasteiger partial charge on any atom is 0.230 e. The van der Waals surface area contributed by atoms with Crippen LogP contribution in [0.25, 0.3) is 0 Å². The van der Waals surface area contributed by atoms with Crippen LogP contribution in [0.5, 0.6) is 0 Å². The van der Waals surface area contributed by atoms with Gasteiger partial charge in [0.15, 0.2) is 0 Å². The fourth-order valence-corrected chi connectivity index (χ4v) is 2.06. The first-order chi connectivity index (χ1) is 9.41. The lowest BCUT2D eigenvalue weighted by atomic mass is 9.83. The van der Waals surface area contributed by atoms with Crippen molar-refractivity contribution in [1.82, 2.24) is 5.32 Å².